The Morgan fingerprint density at radius 1 is 1.32 bits per heavy atom. The summed E-state index contributed by atoms with van der Waals surface area (Å²) in [4.78, 5) is 17.8. The fraction of sp³-hybridized carbons (Fsp3) is 0.471. The van der Waals surface area contributed by atoms with E-state index >= 15 is 0 Å². The highest BCUT2D eigenvalue weighted by Crippen LogP contribution is 2.36. The van der Waals surface area contributed by atoms with Crippen molar-refractivity contribution in [3.05, 3.63) is 35.8 Å². The number of aromatic amines is 1. The van der Waals surface area contributed by atoms with Crippen molar-refractivity contribution < 1.29 is 13.9 Å². The van der Waals surface area contributed by atoms with Crippen LogP contribution in [0.1, 0.15) is 36.0 Å². The van der Waals surface area contributed by atoms with Gasteiger partial charge in [-0.15, -0.1) is 0 Å². The van der Waals surface area contributed by atoms with Crippen LogP contribution in [-0.4, -0.2) is 41.1 Å². The minimum absolute atomic E-state index is 0.00778. The largest absolute Gasteiger partial charge is 0.459 e. The average molecular weight is 302 g/mol. The number of carbonyl (C=O) groups excluding carboxylic acids is 1. The van der Waals surface area contributed by atoms with Crippen LogP contribution in [0.4, 0.5) is 4.39 Å². The van der Waals surface area contributed by atoms with Crippen molar-refractivity contribution in [1.29, 1.82) is 0 Å². The molecule has 0 amide bonds. The van der Waals surface area contributed by atoms with Gasteiger partial charge in [-0.05, 0) is 38.1 Å². The third-order valence-corrected chi connectivity index (χ3v) is 5.19. The van der Waals surface area contributed by atoms with Crippen molar-refractivity contribution >= 4 is 16.9 Å². The minimum Gasteiger partial charge on any atom is -0.459 e. The Kier molecular flexibility index (Phi) is 3.18. The number of piperidine rings is 1. The van der Waals surface area contributed by atoms with Gasteiger partial charge < -0.3 is 14.6 Å². The SMILES string of the molecule is CN1[C@@H]2CC[C@H]1CC(OC(=O)c1c[nH]c3cc(F)ccc13)C2. The Bertz CT molecular complexity index is 713. The first kappa shape index (κ1) is 13.8. The number of halogens is 1. The van der Waals surface area contributed by atoms with Gasteiger partial charge in [-0.3, -0.25) is 0 Å². The Morgan fingerprint density at radius 2 is 2.05 bits per heavy atom. The van der Waals surface area contributed by atoms with Crippen LogP contribution in [0.25, 0.3) is 10.9 Å². The number of aromatic nitrogens is 1. The van der Waals surface area contributed by atoms with Gasteiger partial charge in [0, 0.05) is 42.0 Å². The normalized spacial score (nSPS) is 28.2. The molecule has 1 aromatic heterocycles. The van der Waals surface area contributed by atoms with Gasteiger partial charge in [0.1, 0.15) is 11.9 Å². The van der Waals surface area contributed by atoms with Gasteiger partial charge in [0.15, 0.2) is 0 Å². The Labute approximate surface area is 128 Å². The molecule has 0 saturated carbocycles. The molecule has 2 saturated heterocycles. The standard InChI is InChI=1S/C17H19FN2O2/c1-20-11-3-4-12(20)8-13(7-11)22-17(21)15-9-19-16-6-10(18)2-5-14(15)16/h2,5-6,9,11-13,19H,3-4,7-8H2,1H3/t11-,12+,13?. The van der Waals surface area contributed by atoms with Crippen molar-refractivity contribution in [3.8, 4) is 0 Å². The lowest BCUT2D eigenvalue weighted by Crippen LogP contribution is -2.43. The summed E-state index contributed by atoms with van der Waals surface area (Å²) in [6.45, 7) is 0. The molecule has 2 aliphatic rings. The molecular weight excluding hydrogens is 283 g/mol. The number of esters is 1. The molecule has 0 radical (unpaired) electrons. The maximum absolute atomic E-state index is 13.2. The smallest absolute Gasteiger partial charge is 0.340 e. The number of nitrogens with zero attached hydrogens (tertiary/aromatic N) is 1. The molecule has 1 unspecified atom stereocenters. The van der Waals surface area contributed by atoms with E-state index in [9.17, 15) is 9.18 Å². The van der Waals surface area contributed by atoms with Gasteiger partial charge in [-0.25, -0.2) is 9.18 Å². The number of rotatable bonds is 2. The zero-order chi connectivity index (χ0) is 15.3. The molecule has 116 valence electrons. The van der Waals surface area contributed by atoms with E-state index in [1.165, 1.54) is 25.0 Å². The van der Waals surface area contributed by atoms with E-state index in [4.69, 9.17) is 4.74 Å². The first-order valence-corrected chi connectivity index (χ1v) is 7.81. The van der Waals surface area contributed by atoms with Gasteiger partial charge in [-0.1, -0.05) is 0 Å². The predicted molar refractivity (Wildman–Crippen MR) is 81.3 cm³/mol. The number of hydrogen-bond acceptors (Lipinski definition) is 3. The van der Waals surface area contributed by atoms with Crippen molar-refractivity contribution in [2.75, 3.05) is 7.05 Å². The predicted octanol–water partition coefficient (Wildman–Crippen LogP) is 3.09. The average Bonchev–Trinajstić information content (AvgIpc) is 2.97. The first-order chi connectivity index (χ1) is 10.6. The first-order valence-electron chi connectivity index (χ1n) is 7.81. The molecule has 1 aromatic carbocycles. The highest BCUT2D eigenvalue weighted by Gasteiger charge is 2.40. The van der Waals surface area contributed by atoms with E-state index in [0.717, 1.165) is 12.8 Å². The fourth-order valence-corrected chi connectivity index (χ4v) is 3.94. The number of hydrogen-bond donors (Lipinski definition) is 1. The topological polar surface area (TPSA) is 45.3 Å². The second-order valence-corrected chi connectivity index (χ2v) is 6.44. The molecule has 0 spiro atoms. The van der Waals surface area contributed by atoms with Crippen LogP contribution in [0.3, 0.4) is 0 Å². The molecule has 22 heavy (non-hydrogen) atoms. The Hall–Kier alpha value is -1.88. The number of fused-ring (bicyclic) bond motifs is 3. The maximum Gasteiger partial charge on any atom is 0.340 e. The second-order valence-electron chi connectivity index (χ2n) is 6.44. The summed E-state index contributed by atoms with van der Waals surface area (Å²) in [6.07, 6.45) is 5.82. The van der Waals surface area contributed by atoms with Crippen molar-refractivity contribution in [2.24, 2.45) is 0 Å². The molecular formula is C17H19FN2O2. The van der Waals surface area contributed by atoms with Crippen LogP contribution >= 0.6 is 0 Å². The van der Waals surface area contributed by atoms with E-state index < -0.39 is 0 Å². The van der Waals surface area contributed by atoms with Crippen LogP contribution < -0.4 is 0 Å². The summed E-state index contributed by atoms with van der Waals surface area (Å²) in [7, 11) is 2.16. The lowest BCUT2D eigenvalue weighted by molar-refractivity contribution is -0.000259. The monoisotopic (exact) mass is 302 g/mol. The third-order valence-electron chi connectivity index (χ3n) is 5.19. The van der Waals surface area contributed by atoms with Crippen LogP contribution in [0.5, 0.6) is 0 Å². The summed E-state index contributed by atoms with van der Waals surface area (Å²) in [5.41, 5.74) is 1.11. The second kappa shape index (κ2) is 5.09. The lowest BCUT2D eigenvalue weighted by atomic mass is 10.0. The third kappa shape index (κ3) is 2.20. The van der Waals surface area contributed by atoms with Crippen LogP contribution in [0, 0.1) is 5.82 Å². The Balaban J connectivity index is 1.52. The quantitative estimate of drug-likeness (QED) is 0.867. The zero-order valence-electron chi connectivity index (χ0n) is 12.5. The summed E-state index contributed by atoms with van der Waals surface area (Å²) in [6, 6.07) is 5.45. The van der Waals surface area contributed by atoms with E-state index in [2.05, 4.69) is 16.9 Å². The molecule has 2 bridgehead atoms. The number of nitrogens with one attached hydrogen (secondary N) is 1. The Morgan fingerprint density at radius 3 is 2.77 bits per heavy atom. The van der Waals surface area contributed by atoms with Crippen molar-refractivity contribution in [2.45, 2.75) is 43.9 Å². The van der Waals surface area contributed by atoms with Gasteiger partial charge in [0.2, 0.25) is 0 Å². The molecule has 2 fully saturated rings. The van der Waals surface area contributed by atoms with E-state index in [0.29, 0.717) is 28.6 Å². The molecule has 3 atom stereocenters. The summed E-state index contributed by atoms with van der Waals surface area (Å²) >= 11 is 0. The van der Waals surface area contributed by atoms with E-state index in [1.54, 1.807) is 12.3 Å². The summed E-state index contributed by atoms with van der Waals surface area (Å²) in [5, 5.41) is 0.710. The van der Waals surface area contributed by atoms with Crippen LogP contribution in [0.15, 0.2) is 24.4 Å². The van der Waals surface area contributed by atoms with Gasteiger partial charge in [-0.2, -0.15) is 0 Å². The molecule has 3 heterocycles. The summed E-state index contributed by atoms with van der Waals surface area (Å²) in [5.74, 6) is -0.632. The number of carbonyl (C=O) groups is 1. The van der Waals surface area contributed by atoms with Crippen LogP contribution in [-0.2, 0) is 4.74 Å². The highest BCUT2D eigenvalue weighted by molar-refractivity contribution is 6.04. The van der Waals surface area contributed by atoms with Crippen molar-refractivity contribution in [3.63, 3.8) is 0 Å². The number of ether oxygens (including phenoxy) is 1. The fourth-order valence-electron chi connectivity index (χ4n) is 3.94. The molecule has 2 aromatic rings. The van der Waals surface area contributed by atoms with Gasteiger partial charge >= 0.3 is 5.97 Å². The lowest BCUT2D eigenvalue weighted by Gasteiger charge is -2.35. The summed E-state index contributed by atoms with van der Waals surface area (Å²) < 4.78 is 18.9. The highest BCUT2D eigenvalue weighted by atomic mass is 19.1. The molecule has 1 N–H and O–H groups in total. The molecule has 4 rings (SSSR count). The van der Waals surface area contributed by atoms with Crippen molar-refractivity contribution in [1.82, 2.24) is 9.88 Å². The van der Waals surface area contributed by atoms with Gasteiger partial charge in [0.25, 0.3) is 0 Å². The van der Waals surface area contributed by atoms with Crippen LogP contribution in [0.2, 0.25) is 0 Å². The molecule has 0 aliphatic carbocycles. The van der Waals surface area contributed by atoms with E-state index in [1.807, 2.05) is 0 Å². The molecule has 2 aliphatic heterocycles. The number of benzene rings is 1. The zero-order valence-corrected chi connectivity index (χ0v) is 12.5. The minimum atomic E-state index is -0.318. The number of H-pyrrole nitrogens is 1. The van der Waals surface area contributed by atoms with Gasteiger partial charge in [0.05, 0.1) is 5.56 Å². The molecule has 4 nitrogen and oxygen atoms in total. The molecule has 5 heteroatoms. The van der Waals surface area contributed by atoms with E-state index in [-0.39, 0.29) is 17.9 Å². The maximum atomic E-state index is 13.2.